The summed E-state index contributed by atoms with van der Waals surface area (Å²) in [5, 5.41) is 12.1. The normalized spacial score (nSPS) is 11.5. The van der Waals surface area contributed by atoms with Gasteiger partial charge in [0.2, 0.25) is 0 Å². The predicted octanol–water partition coefficient (Wildman–Crippen LogP) is 3.90. The van der Waals surface area contributed by atoms with Crippen molar-refractivity contribution in [2.24, 2.45) is 0 Å². The Kier molecular flexibility index (Phi) is 3.82. The fourth-order valence-corrected chi connectivity index (χ4v) is 1.92. The maximum absolute atomic E-state index is 12.1. The highest BCUT2D eigenvalue weighted by molar-refractivity contribution is 6.33. The van der Waals surface area contributed by atoms with E-state index in [-0.39, 0.29) is 27.6 Å². The number of carboxylic acid groups (broad SMARTS) is 1. The third-order valence-electron chi connectivity index (χ3n) is 2.55. The number of carbonyl (C=O) groups is 1. The smallest absolute Gasteiger partial charge is 0.476 e. The van der Waals surface area contributed by atoms with Crippen LogP contribution in [-0.2, 0) is 0 Å². The Morgan fingerprint density at radius 2 is 2.10 bits per heavy atom. The average molecular weight is 322 g/mol. The minimum absolute atomic E-state index is 0.0657. The van der Waals surface area contributed by atoms with Crippen molar-refractivity contribution in [1.29, 1.82) is 0 Å². The number of rotatable bonds is 3. The minimum Gasteiger partial charge on any atom is -0.476 e. The molecule has 0 bridgehead atoms. The molecule has 0 atom stereocenters. The van der Waals surface area contributed by atoms with E-state index in [1.165, 1.54) is 13.0 Å². The zero-order chi connectivity index (χ0) is 15.8. The van der Waals surface area contributed by atoms with Gasteiger partial charge in [-0.25, -0.2) is 4.79 Å². The van der Waals surface area contributed by atoms with Crippen LogP contribution in [0, 0.1) is 6.92 Å². The van der Waals surface area contributed by atoms with Crippen LogP contribution in [0.5, 0.6) is 5.75 Å². The largest absolute Gasteiger partial charge is 0.573 e. The summed E-state index contributed by atoms with van der Waals surface area (Å²) in [5.74, 6) is -1.71. The van der Waals surface area contributed by atoms with Crippen LogP contribution in [0.4, 0.5) is 13.2 Å². The van der Waals surface area contributed by atoms with Gasteiger partial charge in [0.15, 0.2) is 11.5 Å². The van der Waals surface area contributed by atoms with E-state index in [0.717, 1.165) is 12.1 Å². The van der Waals surface area contributed by atoms with Gasteiger partial charge in [-0.15, -0.1) is 13.2 Å². The fraction of sp³-hybridized carbons (Fsp3) is 0.167. The molecule has 0 unspecified atom stereocenters. The molecular formula is C12H7ClF3NO4. The molecule has 9 heteroatoms. The van der Waals surface area contributed by atoms with Crippen molar-refractivity contribution in [1.82, 2.24) is 5.16 Å². The summed E-state index contributed by atoms with van der Waals surface area (Å²) < 4.78 is 44.9. The van der Waals surface area contributed by atoms with Gasteiger partial charge < -0.3 is 14.4 Å². The molecule has 1 N–H and O–H groups in total. The van der Waals surface area contributed by atoms with E-state index in [2.05, 4.69) is 9.89 Å². The Labute approximate surface area is 120 Å². The number of benzene rings is 1. The Morgan fingerprint density at radius 1 is 1.43 bits per heavy atom. The Morgan fingerprint density at radius 3 is 2.57 bits per heavy atom. The van der Waals surface area contributed by atoms with Crippen LogP contribution in [0.15, 0.2) is 22.7 Å². The first-order chi connectivity index (χ1) is 9.69. The fourth-order valence-electron chi connectivity index (χ4n) is 1.66. The summed E-state index contributed by atoms with van der Waals surface area (Å²) in [4.78, 5) is 10.9. The standard InChI is InChI=1S/C12H7ClF3NO4/c1-5-9(11(18)19)17-21-10(5)7-3-2-6(4-8(7)13)20-12(14,15)16/h2-4H,1H3,(H,18,19). The maximum atomic E-state index is 12.1. The molecule has 2 aromatic rings. The quantitative estimate of drug-likeness (QED) is 0.928. The number of nitrogens with zero attached hydrogens (tertiary/aromatic N) is 1. The van der Waals surface area contributed by atoms with E-state index in [9.17, 15) is 18.0 Å². The molecule has 5 nitrogen and oxygen atoms in total. The number of aromatic carboxylic acids is 1. The third kappa shape index (κ3) is 3.27. The highest BCUT2D eigenvalue weighted by Gasteiger charge is 2.31. The van der Waals surface area contributed by atoms with Crippen molar-refractivity contribution in [3.63, 3.8) is 0 Å². The van der Waals surface area contributed by atoms with E-state index in [4.69, 9.17) is 21.2 Å². The molecule has 112 valence electrons. The van der Waals surface area contributed by atoms with Crippen molar-refractivity contribution in [2.75, 3.05) is 0 Å². The molecule has 1 heterocycles. The molecule has 21 heavy (non-hydrogen) atoms. The van der Waals surface area contributed by atoms with Gasteiger partial charge in [-0.1, -0.05) is 16.8 Å². The zero-order valence-electron chi connectivity index (χ0n) is 10.4. The van der Waals surface area contributed by atoms with E-state index in [0.29, 0.717) is 0 Å². The Balaban J connectivity index is 2.40. The lowest BCUT2D eigenvalue weighted by Gasteiger charge is -2.10. The molecule has 0 radical (unpaired) electrons. The van der Waals surface area contributed by atoms with Gasteiger partial charge in [0.25, 0.3) is 0 Å². The van der Waals surface area contributed by atoms with Crippen molar-refractivity contribution in [3.8, 4) is 17.1 Å². The molecule has 1 aromatic heterocycles. The van der Waals surface area contributed by atoms with Crippen LogP contribution < -0.4 is 4.74 Å². The van der Waals surface area contributed by atoms with Crippen LogP contribution in [0.3, 0.4) is 0 Å². The second kappa shape index (κ2) is 5.28. The van der Waals surface area contributed by atoms with E-state index < -0.39 is 18.1 Å². The summed E-state index contributed by atoms with van der Waals surface area (Å²) in [6.07, 6.45) is -4.83. The topological polar surface area (TPSA) is 72.6 Å². The number of halogens is 4. The molecule has 1 aromatic carbocycles. The highest BCUT2D eigenvalue weighted by Crippen LogP contribution is 2.35. The summed E-state index contributed by atoms with van der Waals surface area (Å²) in [6, 6.07) is 3.21. The zero-order valence-corrected chi connectivity index (χ0v) is 11.1. The van der Waals surface area contributed by atoms with Gasteiger partial charge in [-0.3, -0.25) is 0 Å². The van der Waals surface area contributed by atoms with Crippen molar-refractivity contribution in [2.45, 2.75) is 13.3 Å². The van der Waals surface area contributed by atoms with Gasteiger partial charge in [0.1, 0.15) is 5.75 Å². The summed E-state index contributed by atoms with van der Waals surface area (Å²) in [7, 11) is 0. The van der Waals surface area contributed by atoms with E-state index in [1.807, 2.05) is 0 Å². The molecule has 0 aliphatic carbocycles. The SMILES string of the molecule is Cc1c(C(=O)O)noc1-c1ccc(OC(F)(F)F)cc1Cl. The van der Waals surface area contributed by atoms with Crippen LogP contribution in [0.1, 0.15) is 16.1 Å². The molecular weight excluding hydrogens is 315 g/mol. The van der Waals surface area contributed by atoms with Crippen molar-refractivity contribution < 1.29 is 32.3 Å². The van der Waals surface area contributed by atoms with Gasteiger partial charge >= 0.3 is 12.3 Å². The molecule has 0 aliphatic heterocycles. The Bertz CT molecular complexity index is 696. The highest BCUT2D eigenvalue weighted by atomic mass is 35.5. The van der Waals surface area contributed by atoms with Crippen LogP contribution in [0.2, 0.25) is 5.02 Å². The average Bonchev–Trinajstić information content (AvgIpc) is 2.69. The number of ether oxygens (including phenoxy) is 1. The number of hydrogen-bond donors (Lipinski definition) is 1. The van der Waals surface area contributed by atoms with Gasteiger partial charge in [0.05, 0.1) is 5.02 Å². The maximum Gasteiger partial charge on any atom is 0.573 e. The van der Waals surface area contributed by atoms with Crippen LogP contribution in [-0.4, -0.2) is 22.6 Å². The monoisotopic (exact) mass is 321 g/mol. The second-order valence-electron chi connectivity index (χ2n) is 3.98. The first-order valence-corrected chi connectivity index (χ1v) is 5.82. The third-order valence-corrected chi connectivity index (χ3v) is 2.86. The van der Waals surface area contributed by atoms with Crippen molar-refractivity contribution in [3.05, 3.63) is 34.5 Å². The lowest BCUT2D eigenvalue weighted by atomic mass is 10.1. The molecule has 0 amide bonds. The number of alkyl halides is 3. The lowest BCUT2D eigenvalue weighted by molar-refractivity contribution is -0.274. The van der Waals surface area contributed by atoms with E-state index in [1.54, 1.807) is 0 Å². The van der Waals surface area contributed by atoms with Gasteiger partial charge in [-0.05, 0) is 25.1 Å². The molecule has 2 rings (SSSR count). The molecule has 0 fully saturated rings. The van der Waals surface area contributed by atoms with Crippen molar-refractivity contribution >= 4 is 17.6 Å². The first-order valence-electron chi connectivity index (χ1n) is 5.44. The van der Waals surface area contributed by atoms with Crippen LogP contribution >= 0.6 is 11.6 Å². The minimum atomic E-state index is -4.83. The number of aromatic nitrogens is 1. The van der Waals surface area contributed by atoms with E-state index >= 15 is 0 Å². The first kappa shape index (κ1) is 15.2. The molecule has 0 saturated heterocycles. The summed E-state index contributed by atoms with van der Waals surface area (Å²) >= 11 is 5.87. The molecule has 0 aliphatic rings. The van der Waals surface area contributed by atoms with Gasteiger partial charge in [0, 0.05) is 11.1 Å². The lowest BCUT2D eigenvalue weighted by Crippen LogP contribution is -2.17. The number of carboxylic acids is 1. The Hall–Kier alpha value is -2.22. The summed E-state index contributed by atoms with van der Waals surface area (Å²) in [5.41, 5.74) is 0.134. The van der Waals surface area contributed by atoms with Gasteiger partial charge in [-0.2, -0.15) is 0 Å². The second-order valence-corrected chi connectivity index (χ2v) is 4.39. The molecule has 0 saturated carbocycles. The number of hydrogen-bond acceptors (Lipinski definition) is 4. The van der Waals surface area contributed by atoms with Crippen LogP contribution in [0.25, 0.3) is 11.3 Å². The summed E-state index contributed by atoms with van der Waals surface area (Å²) in [6.45, 7) is 1.45. The molecule has 0 spiro atoms. The predicted molar refractivity (Wildman–Crippen MR) is 65.3 cm³/mol.